The van der Waals surface area contributed by atoms with Gasteiger partial charge in [-0.1, -0.05) is 61.5 Å². The molecule has 0 saturated heterocycles. The van der Waals surface area contributed by atoms with Crippen LogP contribution < -0.4 is 5.32 Å². The second-order valence-electron chi connectivity index (χ2n) is 6.28. The van der Waals surface area contributed by atoms with Crippen LogP contribution in [0.25, 0.3) is 0 Å². The second kappa shape index (κ2) is 6.48. The number of aliphatic carboxylic acids is 1. The van der Waals surface area contributed by atoms with E-state index in [0.717, 1.165) is 12.0 Å². The molecule has 0 radical (unpaired) electrons. The maximum atomic E-state index is 12.5. The van der Waals surface area contributed by atoms with E-state index >= 15 is 0 Å². The largest absolute Gasteiger partial charge is 0.481 e. The molecule has 124 valence electrons. The molecule has 0 spiro atoms. The molecule has 24 heavy (non-hydrogen) atoms. The van der Waals surface area contributed by atoms with E-state index in [4.69, 9.17) is 0 Å². The van der Waals surface area contributed by atoms with Gasteiger partial charge in [0.2, 0.25) is 5.91 Å². The first-order chi connectivity index (χ1) is 11.6. The number of benzene rings is 2. The number of carbonyl (C=O) groups excluding carboxylic acids is 1. The Balaban J connectivity index is 1.76. The van der Waals surface area contributed by atoms with Gasteiger partial charge in [-0.25, -0.2) is 0 Å². The molecule has 0 saturated carbocycles. The first-order valence-electron chi connectivity index (χ1n) is 8.23. The molecule has 2 N–H and O–H groups in total. The van der Waals surface area contributed by atoms with Crippen LogP contribution >= 0.6 is 0 Å². The maximum absolute atomic E-state index is 12.5. The van der Waals surface area contributed by atoms with Crippen molar-refractivity contribution in [2.24, 2.45) is 0 Å². The van der Waals surface area contributed by atoms with Crippen LogP contribution in [0.2, 0.25) is 0 Å². The van der Waals surface area contributed by atoms with E-state index in [0.29, 0.717) is 12.0 Å². The molecule has 2 unspecified atom stereocenters. The van der Waals surface area contributed by atoms with E-state index in [1.54, 1.807) is 0 Å². The van der Waals surface area contributed by atoms with Crippen LogP contribution in [0, 0.1) is 0 Å². The van der Waals surface area contributed by atoms with Gasteiger partial charge in [-0.05, 0) is 29.5 Å². The third-order valence-corrected chi connectivity index (χ3v) is 5.07. The van der Waals surface area contributed by atoms with Crippen LogP contribution in [-0.4, -0.2) is 23.5 Å². The van der Waals surface area contributed by atoms with Gasteiger partial charge in [-0.15, -0.1) is 0 Å². The van der Waals surface area contributed by atoms with Crippen molar-refractivity contribution in [3.63, 3.8) is 0 Å². The molecule has 2 atom stereocenters. The van der Waals surface area contributed by atoms with Gasteiger partial charge < -0.3 is 10.4 Å². The van der Waals surface area contributed by atoms with Crippen molar-refractivity contribution in [1.82, 2.24) is 5.32 Å². The highest BCUT2D eigenvalue weighted by atomic mass is 16.4. The summed E-state index contributed by atoms with van der Waals surface area (Å²) in [5.74, 6) is -1.17. The van der Waals surface area contributed by atoms with Gasteiger partial charge in [-0.3, -0.25) is 9.59 Å². The third kappa shape index (κ3) is 2.68. The molecule has 0 aromatic heterocycles. The highest BCUT2D eigenvalue weighted by Crippen LogP contribution is 2.35. The van der Waals surface area contributed by atoms with Crippen LogP contribution in [0.3, 0.4) is 0 Å². The van der Waals surface area contributed by atoms with E-state index in [1.165, 1.54) is 5.56 Å². The van der Waals surface area contributed by atoms with Crippen molar-refractivity contribution < 1.29 is 14.7 Å². The number of hydrogen-bond donors (Lipinski definition) is 2. The van der Waals surface area contributed by atoms with E-state index in [-0.39, 0.29) is 18.4 Å². The Hall–Kier alpha value is -2.62. The van der Waals surface area contributed by atoms with Crippen molar-refractivity contribution in [3.05, 3.63) is 71.3 Å². The monoisotopic (exact) mass is 323 g/mol. The minimum Gasteiger partial charge on any atom is -0.481 e. The first kappa shape index (κ1) is 16.2. The summed E-state index contributed by atoms with van der Waals surface area (Å²) in [5.41, 5.74) is 1.86. The zero-order valence-corrected chi connectivity index (χ0v) is 13.7. The minimum absolute atomic E-state index is 0.0938. The molecule has 1 amide bonds. The molecule has 3 rings (SSSR count). The molecule has 2 aromatic rings. The maximum Gasteiger partial charge on any atom is 0.315 e. The Morgan fingerprint density at radius 1 is 1.12 bits per heavy atom. The Morgan fingerprint density at radius 3 is 2.42 bits per heavy atom. The zero-order chi connectivity index (χ0) is 17.2. The lowest BCUT2D eigenvalue weighted by atomic mass is 9.75. The van der Waals surface area contributed by atoms with Crippen LogP contribution in [0.1, 0.15) is 36.0 Å². The lowest BCUT2D eigenvalue weighted by molar-refractivity contribution is -0.144. The molecule has 0 aliphatic heterocycles. The standard InChI is InChI=1S/C20H21NO3/c1-2-20(19(23)24,15-9-4-3-5-10-15)13-21-18(22)17-12-14-8-6-7-11-16(14)17/h3-11,17H,2,12-13H2,1H3,(H,21,22)(H,23,24). The number of carbonyl (C=O) groups is 2. The third-order valence-electron chi connectivity index (χ3n) is 5.07. The van der Waals surface area contributed by atoms with Gasteiger partial charge in [0.05, 0.1) is 5.92 Å². The van der Waals surface area contributed by atoms with Crippen LogP contribution in [0.15, 0.2) is 54.6 Å². The zero-order valence-electron chi connectivity index (χ0n) is 13.7. The van der Waals surface area contributed by atoms with Gasteiger partial charge >= 0.3 is 5.97 Å². The molecule has 1 aliphatic carbocycles. The van der Waals surface area contributed by atoms with E-state index in [1.807, 2.05) is 61.5 Å². The van der Waals surface area contributed by atoms with Crippen molar-refractivity contribution in [2.45, 2.75) is 31.1 Å². The summed E-state index contributed by atoms with van der Waals surface area (Å²) < 4.78 is 0. The van der Waals surface area contributed by atoms with Gasteiger partial charge in [-0.2, -0.15) is 0 Å². The molecular formula is C20H21NO3. The van der Waals surface area contributed by atoms with Crippen molar-refractivity contribution in [3.8, 4) is 0 Å². The van der Waals surface area contributed by atoms with Gasteiger partial charge in [0.15, 0.2) is 0 Å². The molecule has 2 aromatic carbocycles. The molecule has 0 fully saturated rings. The number of rotatable bonds is 6. The Morgan fingerprint density at radius 2 is 1.79 bits per heavy atom. The quantitative estimate of drug-likeness (QED) is 0.859. The molecule has 0 heterocycles. The van der Waals surface area contributed by atoms with Crippen LogP contribution in [0.4, 0.5) is 0 Å². The molecule has 4 nitrogen and oxygen atoms in total. The van der Waals surface area contributed by atoms with Crippen LogP contribution in [-0.2, 0) is 21.4 Å². The number of nitrogens with one attached hydrogen (secondary N) is 1. The highest BCUT2D eigenvalue weighted by Gasteiger charge is 2.40. The van der Waals surface area contributed by atoms with Crippen molar-refractivity contribution in [2.75, 3.05) is 6.54 Å². The SMILES string of the molecule is CCC(CNC(=O)C1Cc2ccccc21)(C(=O)O)c1ccccc1. The van der Waals surface area contributed by atoms with Crippen molar-refractivity contribution >= 4 is 11.9 Å². The predicted molar refractivity (Wildman–Crippen MR) is 91.9 cm³/mol. The summed E-state index contributed by atoms with van der Waals surface area (Å²) in [5, 5.41) is 12.7. The van der Waals surface area contributed by atoms with Crippen molar-refractivity contribution in [1.29, 1.82) is 0 Å². The molecule has 1 aliphatic rings. The molecule has 0 bridgehead atoms. The highest BCUT2D eigenvalue weighted by molar-refractivity contribution is 5.88. The summed E-state index contributed by atoms with van der Waals surface area (Å²) in [4.78, 5) is 24.5. The average molecular weight is 323 g/mol. The van der Waals surface area contributed by atoms with Gasteiger partial charge in [0, 0.05) is 6.54 Å². The summed E-state index contributed by atoms with van der Waals surface area (Å²) >= 11 is 0. The lowest BCUT2D eigenvalue weighted by Gasteiger charge is -2.32. The second-order valence-corrected chi connectivity index (χ2v) is 6.28. The minimum atomic E-state index is -1.10. The average Bonchev–Trinajstić information content (AvgIpc) is 2.57. The predicted octanol–water partition coefficient (Wildman–Crippen LogP) is 2.88. The van der Waals surface area contributed by atoms with Crippen LogP contribution in [0.5, 0.6) is 0 Å². The summed E-state index contributed by atoms with van der Waals surface area (Å²) in [6.45, 7) is 1.94. The fourth-order valence-electron chi connectivity index (χ4n) is 3.39. The number of hydrogen-bond acceptors (Lipinski definition) is 2. The first-order valence-corrected chi connectivity index (χ1v) is 8.23. The number of fused-ring (bicyclic) bond motifs is 1. The lowest BCUT2D eigenvalue weighted by Crippen LogP contribution is -2.48. The number of carboxylic acid groups (broad SMARTS) is 1. The summed E-state index contributed by atoms with van der Waals surface area (Å²) in [7, 11) is 0. The number of carboxylic acids is 1. The Labute approximate surface area is 141 Å². The smallest absolute Gasteiger partial charge is 0.315 e. The van der Waals surface area contributed by atoms with Gasteiger partial charge in [0.25, 0.3) is 0 Å². The Bertz CT molecular complexity index is 756. The van der Waals surface area contributed by atoms with E-state index < -0.39 is 11.4 Å². The fourth-order valence-corrected chi connectivity index (χ4v) is 3.39. The number of amides is 1. The van der Waals surface area contributed by atoms with Gasteiger partial charge in [0.1, 0.15) is 5.41 Å². The summed E-state index contributed by atoms with van der Waals surface area (Å²) in [6, 6.07) is 17.0. The molecule has 4 heteroatoms. The summed E-state index contributed by atoms with van der Waals surface area (Å²) in [6.07, 6.45) is 1.13. The van der Waals surface area contributed by atoms with E-state index in [9.17, 15) is 14.7 Å². The molecular weight excluding hydrogens is 302 g/mol. The Kier molecular flexibility index (Phi) is 4.38. The van der Waals surface area contributed by atoms with E-state index in [2.05, 4.69) is 5.32 Å². The normalized spacial score (nSPS) is 18.0. The fraction of sp³-hybridized carbons (Fsp3) is 0.300. The topological polar surface area (TPSA) is 66.4 Å².